The molecule has 0 atom stereocenters. The van der Waals surface area contributed by atoms with Crippen LogP contribution in [0.25, 0.3) is 5.57 Å². The molecule has 26 heavy (non-hydrogen) atoms. The van der Waals surface area contributed by atoms with Crippen molar-refractivity contribution in [1.29, 1.82) is 0 Å². The molecular weight excluding hydrogens is 330 g/mol. The minimum Gasteiger partial charge on any atom is -0.502 e. The largest absolute Gasteiger partial charge is 0.502 e. The summed E-state index contributed by atoms with van der Waals surface area (Å²) in [6.07, 6.45) is 3.41. The predicted octanol–water partition coefficient (Wildman–Crippen LogP) is 4.33. The SMILES string of the molecule is COc1cc(/C(=C(\Nc2ncccn2)C(C)C)C(C)C)cc(OC)c1O. The van der Waals surface area contributed by atoms with Crippen molar-refractivity contribution in [3.05, 3.63) is 41.9 Å². The van der Waals surface area contributed by atoms with E-state index in [0.29, 0.717) is 17.4 Å². The summed E-state index contributed by atoms with van der Waals surface area (Å²) in [7, 11) is 3.05. The Bertz CT molecular complexity index is 746. The van der Waals surface area contributed by atoms with E-state index in [9.17, 15) is 5.11 Å². The zero-order chi connectivity index (χ0) is 19.3. The van der Waals surface area contributed by atoms with E-state index in [2.05, 4.69) is 43.0 Å². The van der Waals surface area contributed by atoms with E-state index in [1.807, 2.05) is 12.1 Å². The number of rotatable bonds is 7. The van der Waals surface area contributed by atoms with Crippen LogP contribution in [0.4, 0.5) is 5.95 Å². The number of nitrogens with zero attached hydrogens (tertiary/aromatic N) is 2. The van der Waals surface area contributed by atoms with Gasteiger partial charge in [-0.05, 0) is 41.2 Å². The number of hydrogen-bond acceptors (Lipinski definition) is 6. The molecular formula is C20H27N3O3. The number of aromatic hydroxyl groups is 1. The van der Waals surface area contributed by atoms with Crippen LogP contribution < -0.4 is 14.8 Å². The van der Waals surface area contributed by atoms with Crippen LogP contribution in [0.15, 0.2) is 36.3 Å². The normalized spacial score (nSPS) is 12.2. The van der Waals surface area contributed by atoms with Crippen LogP contribution in [0.2, 0.25) is 0 Å². The van der Waals surface area contributed by atoms with Gasteiger partial charge in [0.05, 0.1) is 14.2 Å². The van der Waals surface area contributed by atoms with Gasteiger partial charge in [0.25, 0.3) is 0 Å². The number of ether oxygens (including phenoxy) is 2. The quantitative estimate of drug-likeness (QED) is 0.768. The molecule has 6 heteroatoms. The van der Waals surface area contributed by atoms with Crippen molar-refractivity contribution in [3.8, 4) is 17.2 Å². The van der Waals surface area contributed by atoms with Gasteiger partial charge in [-0.15, -0.1) is 0 Å². The lowest BCUT2D eigenvalue weighted by Gasteiger charge is -2.23. The smallest absolute Gasteiger partial charge is 0.226 e. The molecule has 2 rings (SSSR count). The van der Waals surface area contributed by atoms with Crippen molar-refractivity contribution in [1.82, 2.24) is 9.97 Å². The van der Waals surface area contributed by atoms with Crippen molar-refractivity contribution in [2.45, 2.75) is 27.7 Å². The van der Waals surface area contributed by atoms with Crippen LogP contribution in [0.1, 0.15) is 33.3 Å². The zero-order valence-corrected chi connectivity index (χ0v) is 16.2. The molecule has 140 valence electrons. The van der Waals surface area contributed by atoms with Crippen LogP contribution >= 0.6 is 0 Å². The molecule has 2 aromatic rings. The van der Waals surface area contributed by atoms with Gasteiger partial charge in [0.1, 0.15) is 0 Å². The molecule has 2 N–H and O–H groups in total. The van der Waals surface area contributed by atoms with Crippen LogP contribution in [-0.4, -0.2) is 29.3 Å². The van der Waals surface area contributed by atoms with E-state index in [4.69, 9.17) is 9.47 Å². The molecule has 0 radical (unpaired) electrons. The first-order valence-corrected chi connectivity index (χ1v) is 8.62. The maximum absolute atomic E-state index is 10.2. The molecule has 0 saturated heterocycles. The molecule has 0 amide bonds. The molecule has 0 fully saturated rings. The minimum absolute atomic E-state index is 0.00713. The average Bonchev–Trinajstić information content (AvgIpc) is 2.62. The number of aromatic nitrogens is 2. The molecule has 0 saturated carbocycles. The Hall–Kier alpha value is -2.76. The second kappa shape index (κ2) is 8.56. The van der Waals surface area contributed by atoms with Crippen molar-refractivity contribution in [2.24, 2.45) is 11.8 Å². The summed E-state index contributed by atoms with van der Waals surface area (Å²) in [4.78, 5) is 8.54. The fourth-order valence-corrected chi connectivity index (χ4v) is 2.86. The summed E-state index contributed by atoms with van der Waals surface area (Å²) in [5.74, 6) is 1.71. The molecule has 0 aliphatic heterocycles. The number of allylic oxidation sites excluding steroid dienone is 2. The highest BCUT2D eigenvalue weighted by Crippen LogP contribution is 2.41. The second-order valence-electron chi connectivity index (χ2n) is 6.56. The van der Waals surface area contributed by atoms with E-state index in [0.717, 1.165) is 16.8 Å². The Morgan fingerprint density at radius 2 is 1.50 bits per heavy atom. The van der Waals surface area contributed by atoms with E-state index >= 15 is 0 Å². The molecule has 1 aromatic heterocycles. The van der Waals surface area contributed by atoms with Crippen LogP contribution in [0.5, 0.6) is 17.2 Å². The Labute approximate surface area is 154 Å². The van der Waals surface area contributed by atoms with E-state index < -0.39 is 0 Å². The maximum Gasteiger partial charge on any atom is 0.226 e. The van der Waals surface area contributed by atoms with Crippen molar-refractivity contribution in [3.63, 3.8) is 0 Å². The molecule has 0 bridgehead atoms. The standard InChI is InChI=1S/C20H27N3O3/c1-12(2)17(14-10-15(25-5)19(24)16(11-14)26-6)18(13(3)4)23-20-21-8-7-9-22-20/h7-13,24H,1-6H3,(H,21,22,23)/b18-17-. The van der Waals surface area contributed by atoms with E-state index in [1.54, 1.807) is 18.5 Å². The molecule has 0 spiro atoms. The van der Waals surface area contributed by atoms with Gasteiger partial charge in [0, 0.05) is 18.1 Å². The average molecular weight is 357 g/mol. The van der Waals surface area contributed by atoms with Crippen molar-refractivity contribution < 1.29 is 14.6 Å². The second-order valence-corrected chi connectivity index (χ2v) is 6.56. The van der Waals surface area contributed by atoms with Gasteiger partial charge in [-0.1, -0.05) is 27.7 Å². The molecule has 1 aromatic carbocycles. The monoisotopic (exact) mass is 357 g/mol. The minimum atomic E-state index is -0.00713. The number of anilines is 1. The van der Waals surface area contributed by atoms with Gasteiger partial charge >= 0.3 is 0 Å². The van der Waals surface area contributed by atoms with Gasteiger partial charge < -0.3 is 19.9 Å². The van der Waals surface area contributed by atoms with E-state index in [-0.39, 0.29) is 17.6 Å². The van der Waals surface area contributed by atoms with Gasteiger partial charge in [-0.25, -0.2) is 9.97 Å². The van der Waals surface area contributed by atoms with Gasteiger partial charge in [-0.2, -0.15) is 0 Å². The fourth-order valence-electron chi connectivity index (χ4n) is 2.86. The number of benzene rings is 1. The topological polar surface area (TPSA) is 76.5 Å². The van der Waals surface area contributed by atoms with Gasteiger partial charge in [0.2, 0.25) is 11.7 Å². The van der Waals surface area contributed by atoms with Gasteiger partial charge in [0.15, 0.2) is 11.5 Å². The summed E-state index contributed by atoms with van der Waals surface area (Å²) < 4.78 is 10.6. The lowest BCUT2D eigenvalue weighted by atomic mass is 9.89. The van der Waals surface area contributed by atoms with Crippen LogP contribution in [0, 0.1) is 11.8 Å². The van der Waals surface area contributed by atoms with Crippen LogP contribution in [0.3, 0.4) is 0 Å². The summed E-state index contributed by atoms with van der Waals surface area (Å²) in [6, 6.07) is 5.43. The lowest BCUT2D eigenvalue weighted by Crippen LogP contribution is -2.14. The Morgan fingerprint density at radius 1 is 0.962 bits per heavy atom. The Morgan fingerprint density at radius 3 is 1.92 bits per heavy atom. The summed E-state index contributed by atoms with van der Waals surface area (Å²) in [5, 5.41) is 13.6. The third-order valence-corrected chi connectivity index (χ3v) is 4.05. The highest BCUT2D eigenvalue weighted by molar-refractivity contribution is 5.76. The molecule has 1 heterocycles. The predicted molar refractivity (Wildman–Crippen MR) is 103 cm³/mol. The molecule has 6 nitrogen and oxygen atoms in total. The number of phenolic OH excluding ortho intramolecular Hbond substituents is 1. The zero-order valence-electron chi connectivity index (χ0n) is 16.2. The number of nitrogens with one attached hydrogen (secondary N) is 1. The van der Waals surface area contributed by atoms with Crippen LogP contribution in [-0.2, 0) is 0 Å². The van der Waals surface area contributed by atoms with E-state index in [1.165, 1.54) is 14.2 Å². The molecule has 0 aliphatic carbocycles. The lowest BCUT2D eigenvalue weighted by molar-refractivity contribution is 0.339. The summed E-state index contributed by atoms with van der Waals surface area (Å²) in [6.45, 7) is 8.47. The maximum atomic E-state index is 10.2. The first kappa shape index (κ1) is 19.6. The first-order chi connectivity index (χ1) is 12.4. The fraction of sp³-hybridized carbons (Fsp3) is 0.400. The summed E-state index contributed by atoms with van der Waals surface area (Å²) >= 11 is 0. The Kier molecular flexibility index (Phi) is 6.44. The highest BCUT2D eigenvalue weighted by Gasteiger charge is 2.21. The first-order valence-electron chi connectivity index (χ1n) is 8.62. The summed E-state index contributed by atoms with van der Waals surface area (Å²) in [5.41, 5.74) is 3.02. The highest BCUT2D eigenvalue weighted by atomic mass is 16.5. The number of hydrogen-bond donors (Lipinski definition) is 2. The molecule has 0 unspecified atom stereocenters. The number of methoxy groups -OCH3 is 2. The molecule has 0 aliphatic rings. The van der Waals surface area contributed by atoms with Crippen molar-refractivity contribution >= 4 is 11.5 Å². The third-order valence-electron chi connectivity index (χ3n) is 4.05. The van der Waals surface area contributed by atoms with Gasteiger partial charge in [-0.3, -0.25) is 0 Å². The van der Waals surface area contributed by atoms with Crippen molar-refractivity contribution in [2.75, 3.05) is 19.5 Å². The third kappa shape index (κ3) is 4.25. The Balaban J connectivity index is 2.66. The number of phenols is 1.